The van der Waals surface area contributed by atoms with Gasteiger partial charge in [0, 0.05) is 12.6 Å². The molecule has 0 spiro atoms. The minimum Gasteiger partial charge on any atom is -0.494 e. The molecule has 0 radical (unpaired) electrons. The van der Waals surface area contributed by atoms with Gasteiger partial charge in [0.15, 0.2) is 0 Å². The lowest BCUT2D eigenvalue weighted by Crippen LogP contribution is -2.37. The van der Waals surface area contributed by atoms with Crippen LogP contribution >= 0.6 is 0 Å². The van der Waals surface area contributed by atoms with Crippen molar-refractivity contribution >= 4 is 5.91 Å². The van der Waals surface area contributed by atoms with E-state index in [1.807, 2.05) is 19.1 Å². The molecule has 1 saturated heterocycles. The number of hydrogen-bond donors (Lipinski definition) is 1. The van der Waals surface area contributed by atoms with Gasteiger partial charge in [0.25, 0.3) is 0 Å². The van der Waals surface area contributed by atoms with Gasteiger partial charge in [-0.25, -0.2) is 0 Å². The number of ether oxygens (including phenoxy) is 1. The first-order chi connectivity index (χ1) is 10.2. The first-order valence-corrected chi connectivity index (χ1v) is 7.98. The predicted molar refractivity (Wildman–Crippen MR) is 84.5 cm³/mol. The van der Waals surface area contributed by atoms with E-state index < -0.39 is 0 Å². The normalized spacial score (nSPS) is 18.7. The molecule has 1 aliphatic rings. The molecule has 1 N–H and O–H groups in total. The molecule has 0 aliphatic carbocycles. The van der Waals surface area contributed by atoms with Crippen molar-refractivity contribution in [2.45, 2.75) is 39.2 Å². The highest BCUT2D eigenvalue weighted by Crippen LogP contribution is 2.32. The first-order valence-electron chi connectivity index (χ1n) is 7.98. The van der Waals surface area contributed by atoms with E-state index in [1.54, 1.807) is 0 Å². The second-order valence-corrected chi connectivity index (χ2v) is 5.48. The molecule has 1 aliphatic heterocycles. The van der Waals surface area contributed by atoms with Crippen LogP contribution in [0, 0.1) is 0 Å². The third-order valence-corrected chi connectivity index (χ3v) is 3.86. The number of carbonyl (C=O) groups excluding carboxylic acids is 1. The third-order valence-electron chi connectivity index (χ3n) is 3.86. The van der Waals surface area contributed by atoms with E-state index in [-0.39, 0.29) is 5.91 Å². The lowest BCUT2D eigenvalue weighted by atomic mass is 10.0. The molecule has 1 unspecified atom stereocenters. The van der Waals surface area contributed by atoms with E-state index in [1.165, 1.54) is 5.56 Å². The fourth-order valence-electron chi connectivity index (χ4n) is 2.85. The highest BCUT2D eigenvalue weighted by molar-refractivity contribution is 5.78. The number of nitrogens with one attached hydrogen (secondary N) is 1. The van der Waals surface area contributed by atoms with Crippen LogP contribution in [0.3, 0.4) is 0 Å². The number of carbonyl (C=O) groups is 1. The van der Waals surface area contributed by atoms with Gasteiger partial charge in [-0.15, -0.1) is 0 Å². The summed E-state index contributed by atoms with van der Waals surface area (Å²) in [5.74, 6) is 1.04. The van der Waals surface area contributed by atoms with Crippen molar-refractivity contribution in [3.05, 3.63) is 29.8 Å². The lowest BCUT2D eigenvalue weighted by molar-refractivity contribution is -0.122. The maximum absolute atomic E-state index is 11.9. The summed E-state index contributed by atoms with van der Waals surface area (Å²) in [6.45, 7) is 7.00. The average Bonchev–Trinajstić information content (AvgIpc) is 2.94. The third kappa shape index (κ3) is 4.46. The second-order valence-electron chi connectivity index (χ2n) is 5.48. The van der Waals surface area contributed by atoms with Crippen LogP contribution in [0.25, 0.3) is 0 Å². The average molecular weight is 290 g/mol. The van der Waals surface area contributed by atoms with E-state index in [2.05, 4.69) is 29.3 Å². The molecule has 0 saturated carbocycles. The van der Waals surface area contributed by atoms with E-state index in [9.17, 15) is 4.79 Å². The van der Waals surface area contributed by atoms with E-state index in [0.29, 0.717) is 19.2 Å². The molecular formula is C17H26N2O2. The quantitative estimate of drug-likeness (QED) is 0.839. The Morgan fingerprint density at radius 1 is 1.33 bits per heavy atom. The van der Waals surface area contributed by atoms with Crippen molar-refractivity contribution in [3.63, 3.8) is 0 Å². The van der Waals surface area contributed by atoms with Crippen LogP contribution in [0.4, 0.5) is 0 Å². The molecule has 21 heavy (non-hydrogen) atoms. The van der Waals surface area contributed by atoms with E-state index >= 15 is 0 Å². The van der Waals surface area contributed by atoms with Gasteiger partial charge in [-0.1, -0.05) is 19.1 Å². The monoisotopic (exact) mass is 290 g/mol. The van der Waals surface area contributed by atoms with Crippen LogP contribution < -0.4 is 10.1 Å². The van der Waals surface area contributed by atoms with Gasteiger partial charge in [0.2, 0.25) is 5.91 Å². The topological polar surface area (TPSA) is 41.6 Å². The Kier molecular flexibility index (Phi) is 6.05. The summed E-state index contributed by atoms with van der Waals surface area (Å²) in [6.07, 6.45) is 3.25. The van der Waals surface area contributed by atoms with Crippen molar-refractivity contribution < 1.29 is 9.53 Å². The Morgan fingerprint density at radius 2 is 2.10 bits per heavy atom. The van der Waals surface area contributed by atoms with Gasteiger partial charge in [-0.3, -0.25) is 9.69 Å². The number of benzene rings is 1. The molecule has 1 aromatic rings. The van der Waals surface area contributed by atoms with Crippen molar-refractivity contribution in [2.24, 2.45) is 0 Å². The molecule has 116 valence electrons. The summed E-state index contributed by atoms with van der Waals surface area (Å²) < 4.78 is 5.48. The maximum Gasteiger partial charge on any atom is 0.234 e. The van der Waals surface area contributed by atoms with Crippen LogP contribution in [0.5, 0.6) is 5.75 Å². The number of amides is 1. The molecule has 1 aromatic carbocycles. The van der Waals surface area contributed by atoms with E-state index in [0.717, 1.165) is 38.1 Å². The van der Waals surface area contributed by atoms with Gasteiger partial charge < -0.3 is 10.1 Å². The van der Waals surface area contributed by atoms with Crippen molar-refractivity contribution in [3.8, 4) is 5.75 Å². The molecule has 4 nitrogen and oxygen atoms in total. The second kappa shape index (κ2) is 8.03. The SMILES string of the molecule is CCCNC(=O)CN1CCCC1c1ccc(OCC)cc1. The summed E-state index contributed by atoms with van der Waals surface area (Å²) in [5, 5.41) is 2.96. The summed E-state index contributed by atoms with van der Waals surface area (Å²) in [6, 6.07) is 8.64. The van der Waals surface area contributed by atoms with Gasteiger partial charge >= 0.3 is 0 Å². The van der Waals surface area contributed by atoms with Gasteiger partial charge in [-0.05, 0) is 50.4 Å². The smallest absolute Gasteiger partial charge is 0.234 e. The van der Waals surface area contributed by atoms with Crippen molar-refractivity contribution in [2.75, 3.05) is 26.2 Å². The molecule has 4 heteroatoms. The lowest BCUT2D eigenvalue weighted by Gasteiger charge is -2.24. The molecule has 1 heterocycles. The fourth-order valence-corrected chi connectivity index (χ4v) is 2.85. The summed E-state index contributed by atoms with van der Waals surface area (Å²) >= 11 is 0. The molecule has 1 fully saturated rings. The number of nitrogens with zero attached hydrogens (tertiary/aromatic N) is 1. The largest absolute Gasteiger partial charge is 0.494 e. The Bertz CT molecular complexity index is 445. The molecule has 2 rings (SSSR count). The molecular weight excluding hydrogens is 264 g/mol. The highest BCUT2D eigenvalue weighted by atomic mass is 16.5. The zero-order valence-corrected chi connectivity index (χ0v) is 13.1. The molecule has 1 atom stereocenters. The number of hydrogen-bond acceptors (Lipinski definition) is 3. The first kappa shape index (κ1) is 15.8. The highest BCUT2D eigenvalue weighted by Gasteiger charge is 2.27. The zero-order chi connectivity index (χ0) is 15.1. The van der Waals surface area contributed by atoms with Crippen LogP contribution in [0.2, 0.25) is 0 Å². The van der Waals surface area contributed by atoms with Crippen LogP contribution in [0.15, 0.2) is 24.3 Å². The minimum absolute atomic E-state index is 0.134. The Morgan fingerprint density at radius 3 is 2.76 bits per heavy atom. The predicted octanol–water partition coefficient (Wildman–Crippen LogP) is 2.75. The minimum atomic E-state index is 0.134. The Labute approximate surface area is 127 Å². The number of likely N-dealkylation sites (tertiary alicyclic amines) is 1. The van der Waals surface area contributed by atoms with Gasteiger partial charge in [0.1, 0.15) is 5.75 Å². The summed E-state index contributed by atoms with van der Waals surface area (Å²) in [4.78, 5) is 14.2. The Balaban J connectivity index is 1.96. The van der Waals surface area contributed by atoms with Gasteiger partial charge in [-0.2, -0.15) is 0 Å². The Hall–Kier alpha value is -1.55. The van der Waals surface area contributed by atoms with Crippen LogP contribution in [0.1, 0.15) is 44.7 Å². The van der Waals surface area contributed by atoms with Gasteiger partial charge in [0.05, 0.1) is 13.2 Å². The fraction of sp³-hybridized carbons (Fsp3) is 0.588. The van der Waals surface area contributed by atoms with Crippen molar-refractivity contribution in [1.82, 2.24) is 10.2 Å². The molecule has 0 aromatic heterocycles. The zero-order valence-electron chi connectivity index (χ0n) is 13.1. The summed E-state index contributed by atoms with van der Waals surface area (Å²) in [5.41, 5.74) is 1.28. The maximum atomic E-state index is 11.9. The standard InChI is InChI=1S/C17H26N2O2/c1-3-11-18-17(20)13-19-12-5-6-16(19)14-7-9-15(10-8-14)21-4-2/h7-10,16H,3-6,11-13H2,1-2H3,(H,18,20). The van der Waals surface area contributed by atoms with Crippen LogP contribution in [-0.2, 0) is 4.79 Å². The molecule has 1 amide bonds. The van der Waals surface area contributed by atoms with Crippen molar-refractivity contribution in [1.29, 1.82) is 0 Å². The number of rotatable bonds is 7. The summed E-state index contributed by atoms with van der Waals surface area (Å²) in [7, 11) is 0. The molecule has 0 bridgehead atoms. The van der Waals surface area contributed by atoms with E-state index in [4.69, 9.17) is 4.74 Å². The van der Waals surface area contributed by atoms with Crippen LogP contribution in [-0.4, -0.2) is 37.0 Å².